The number of nitriles is 1. The predicted octanol–water partition coefficient (Wildman–Crippen LogP) is 3.44. The predicted molar refractivity (Wildman–Crippen MR) is 138 cm³/mol. The Labute approximate surface area is 209 Å². The number of esters is 1. The summed E-state index contributed by atoms with van der Waals surface area (Å²) in [6, 6.07) is 2.06. The van der Waals surface area contributed by atoms with Gasteiger partial charge in [0.05, 0.1) is 17.4 Å². The number of hydrogen-bond acceptors (Lipinski definition) is 8. The van der Waals surface area contributed by atoms with Gasteiger partial charge in [-0.25, -0.2) is 0 Å². The number of piperidine rings is 1. The second-order valence-corrected chi connectivity index (χ2v) is 9.94. The van der Waals surface area contributed by atoms with Crippen molar-refractivity contribution in [3.05, 3.63) is 31.9 Å². The van der Waals surface area contributed by atoms with Gasteiger partial charge >= 0.3 is 5.97 Å². The fourth-order valence-corrected chi connectivity index (χ4v) is 5.81. The van der Waals surface area contributed by atoms with Crippen molar-refractivity contribution in [3.8, 4) is 6.07 Å². The van der Waals surface area contributed by atoms with Crippen LogP contribution in [0.25, 0.3) is 6.08 Å². The molecule has 0 bridgehead atoms. The largest absolute Gasteiger partial charge is 0.466 e. The zero-order valence-electron chi connectivity index (χ0n) is 20.0. The van der Waals surface area contributed by atoms with Gasteiger partial charge in [-0.05, 0) is 51.7 Å². The SMILES string of the molecule is CCCn1c(N2CCCC(C(=O)OCC)C2)c(/C=C2\SC(=S)N(CC)C2=O)c(C)c(C#N)c1=O. The molecule has 0 aliphatic carbocycles. The lowest BCUT2D eigenvalue weighted by atomic mass is 9.96. The number of aromatic nitrogens is 1. The van der Waals surface area contributed by atoms with Crippen molar-refractivity contribution in [1.82, 2.24) is 9.47 Å². The summed E-state index contributed by atoms with van der Waals surface area (Å²) in [7, 11) is 0. The Morgan fingerprint density at radius 1 is 1.32 bits per heavy atom. The minimum absolute atomic E-state index is 0.0633. The zero-order valence-corrected chi connectivity index (χ0v) is 21.7. The van der Waals surface area contributed by atoms with Crippen LogP contribution in [0.1, 0.15) is 56.7 Å². The van der Waals surface area contributed by atoms with Gasteiger partial charge in [0.2, 0.25) is 0 Å². The molecule has 1 amide bonds. The van der Waals surface area contributed by atoms with Crippen molar-refractivity contribution >= 4 is 52.1 Å². The van der Waals surface area contributed by atoms with Crippen molar-refractivity contribution in [3.63, 3.8) is 0 Å². The molecule has 8 nitrogen and oxygen atoms in total. The third kappa shape index (κ3) is 4.91. The van der Waals surface area contributed by atoms with Crippen molar-refractivity contribution in [1.29, 1.82) is 5.26 Å². The number of ether oxygens (including phenoxy) is 1. The first kappa shape index (κ1) is 26.0. The highest BCUT2D eigenvalue weighted by Crippen LogP contribution is 2.36. The van der Waals surface area contributed by atoms with E-state index in [1.54, 1.807) is 24.5 Å². The molecule has 0 N–H and O–H groups in total. The van der Waals surface area contributed by atoms with Crippen LogP contribution in [-0.4, -0.2) is 51.9 Å². The molecular formula is C24H30N4O4S2. The molecule has 2 saturated heterocycles. The molecule has 0 spiro atoms. The zero-order chi connectivity index (χ0) is 25.0. The van der Waals surface area contributed by atoms with Crippen LogP contribution in [0, 0.1) is 24.2 Å². The Morgan fingerprint density at radius 2 is 2.06 bits per heavy atom. The van der Waals surface area contributed by atoms with Crippen molar-refractivity contribution in [2.75, 3.05) is 31.1 Å². The maximum atomic E-state index is 13.3. The van der Waals surface area contributed by atoms with Gasteiger partial charge in [-0.3, -0.25) is 23.9 Å². The maximum Gasteiger partial charge on any atom is 0.310 e. The lowest BCUT2D eigenvalue weighted by molar-refractivity contribution is -0.148. The number of likely N-dealkylation sites (N-methyl/N-ethyl adjacent to an activating group) is 1. The summed E-state index contributed by atoms with van der Waals surface area (Å²) in [5.41, 5.74) is 0.877. The first-order valence-electron chi connectivity index (χ1n) is 11.6. The van der Waals surface area contributed by atoms with Crippen LogP contribution in [0.4, 0.5) is 5.82 Å². The van der Waals surface area contributed by atoms with Gasteiger partial charge in [0.25, 0.3) is 11.5 Å². The summed E-state index contributed by atoms with van der Waals surface area (Å²) in [5, 5.41) is 9.77. The molecule has 1 atom stereocenters. The van der Waals surface area contributed by atoms with Crippen molar-refractivity contribution in [2.45, 2.75) is 53.5 Å². The summed E-state index contributed by atoms with van der Waals surface area (Å²) in [6.45, 7) is 9.61. The fraction of sp³-hybridized carbons (Fsp3) is 0.542. The molecule has 2 aliphatic rings. The third-order valence-corrected chi connectivity index (χ3v) is 7.48. The average Bonchev–Trinajstić information content (AvgIpc) is 3.09. The molecule has 2 aliphatic heterocycles. The molecule has 0 saturated carbocycles. The Hall–Kier alpha value is -2.64. The molecule has 1 aromatic rings. The van der Waals surface area contributed by atoms with E-state index >= 15 is 0 Å². The van der Waals surface area contributed by atoms with Crippen LogP contribution in [0.2, 0.25) is 0 Å². The van der Waals surface area contributed by atoms with E-state index in [4.69, 9.17) is 17.0 Å². The van der Waals surface area contributed by atoms with Crippen LogP contribution in [-0.2, 0) is 20.9 Å². The van der Waals surface area contributed by atoms with Gasteiger partial charge in [-0.1, -0.05) is 30.9 Å². The number of amides is 1. The van der Waals surface area contributed by atoms with Gasteiger partial charge in [-0.2, -0.15) is 5.26 Å². The molecular weight excluding hydrogens is 472 g/mol. The van der Waals surface area contributed by atoms with E-state index in [1.165, 1.54) is 16.7 Å². The van der Waals surface area contributed by atoms with Gasteiger partial charge in [0.1, 0.15) is 21.8 Å². The van der Waals surface area contributed by atoms with Crippen molar-refractivity contribution < 1.29 is 14.3 Å². The number of carbonyl (C=O) groups excluding carboxylic acids is 2. The maximum absolute atomic E-state index is 13.3. The number of carbonyl (C=O) groups is 2. The highest BCUT2D eigenvalue weighted by Gasteiger charge is 2.34. The van der Waals surface area contributed by atoms with Crippen LogP contribution < -0.4 is 10.5 Å². The lowest BCUT2D eigenvalue weighted by Gasteiger charge is -2.36. The first-order chi connectivity index (χ1) is 16.3. The smallest absolute Gasteiger partial charge is 0.310 e. The molecule has 34 heavy (non-hydrogen) atoms. The highest BCUT2D eigenvalue weighted by molar-refractivity contribution is 8.26. The second-order valence-electron chi connectivity index (χ2n) is 8.27. The van der Waals surface area contributed by atoms with Gasteiger partial charge in [-0.15, -0.1) is 0 Å². The normalized spacial score (nSPS) is 19.6. The molecule has 10 heteroatoms. The van der Waals surface area contributed by atoms with Gasteiger partial charge in [0, 0.05) is 31.7 Å². The molecule has 0 radical (unpaired) electrons. The Balaban J connectivity index is 2.21. The lowest BCUT2D eigenvalue weighted by Crippen LogP contribution is -2.43. The van der Waals surface area contributed by atoms with E-state index < -0.39 is 0 Å². The number of pyridine rings is 1. The molecule has 3 heterocycles. The Morgan fingerprint density at radius 3 is 2.65 bits per heavy atom. The number of anilines is 1. The Kier molecular flexibility index (Phi) is 8.55. The third-order valence-electron chi connectivity index (χ3n) is 6.10. The summed E-state index contributed by atoms with van der Waals surface area (Å²) >= 11 is 6.58. The summed E-state index contributed by atoms with van der Waals surface area (Å²) < 4.78 is 7.36. The minimum atomic E-state index is -0.353. The monoisotopic (exact) mass is 502 g/mol. The van der Waals surface area contributed by atoms with Gasteiger partial charge < -0.3 is 9.64 Å². The van der Waals surface area contributed by atoms with Crippen LogP contribution in [0.5, 0.6) is 0 Å². The molecule has 0 aromatic carbocycles. The average molecular weight is 503 g/mol. The molecule has 2 fully saturated rings. The summed E-state index contributed by atoms with van der Waals surface area (Å²) in [4.78, 5) is 42.7. The Bertz CT molecular complexity index is 1140. The highest BCUT2D eigenvalue weighted by atomic mass is 32.2. The van der Waals surface area contributed by atoms with E-state index in [0.29, 0.717) is 71.8 Å². The van der Waals surface area contributed by atoms with Crippen LogP contribution in [0.3, 0.4) is 0 Å². The summed E-state index contributed by atoms with van der Waals surface area (Å²) in [6.07, 6.45) is 3.92. The molecule has 3 rings (SSSR count). The standard InChI is InChI=1S/C24H30N4O4S2/c1-5-10-28-20(26-11-8-9-16(14-26)23(31)32-7-3)17(15(4)18(13-25)21(28)29)12-19-22(30)27(6-2)24(33)34-19/h12,16H,5-11,14H2,1-4H3/b19-12-. The molecule has 182 valence electrons. The van der Waals surface area contributed by atoms with E-state index in [0.717, 1.165) is 6.42 Å². The molecule has 1 aromatic heterocycles. The van der Waals surface area contributed by atoms with E-state index in [1.807, 2.05) is 18.7 Å². The number of thioether (sulfide) groups is 1. The summed E-state index contributed by atoms with van der Waals surface area (Å²) in [5.74, 6) is -0.0925. The van der Waals surface area contributed by atoms with E-state index in [-0.39, 0.29) is 28.9 Å². The van der Waals surface area contributed by atoms with Crippen LogP contribution in [0.15, 0.2) is 9.70 Å². The topological polar surface area (TPSA) is 95.6 Å². The number of hydrogen-bond donors (Lipinski definition) is 0. The van der Waals surface area contributed by atoms with Crippen LogP contribution >= 0.6 is 24.0 Å². The van der Waals surface area contributed by atoms with E-state index in [9.17, 15) is 19.6 Å². The van der Waals surface area contributed by atoms with Crippen molar-refractivity contribution in [2.24, 2.45) is 5.92 Å². The number of rotatable bonds is 7. The number of nitrogens with zero attached hydrogens (tertiary/aromatic N) is 4. The second kappa shape index (κ2) is 11.2. The number of thiocarbonyl (C=S) groups is 1. The van der Waals surface area contributed by atoms with E-state index in [2.05, 4.69) is 6.07 Å². The fourth-order valence-electron chi connectivity index (χ4n) is 4.44. The minimum Gasteiger partial charge on any atom is -0.466 e. The quantitative estimate of drug-likeness (QED) is 0.318. The molecule has 1 unspecified atom stereocenters. The first-order valence-corrected chi connectivity index (χ1v) is 12.9. The van der Waals surface area contributed by atoms with Gasteiger partial charge in [0.15, 0.2) is 0 Å².